The second kappa shape index (κ2) is 12.6. The Kier molecular flexibility index (Phi) is 12.8. The molecule has 3 N–H and O–H groups in total. The van der Waals surface area contributed by atoms with Crippen LogP contribution < -0.4 is 11.1 Å². The van der Waals surface area contributed by atoms with Crippen LogP contribution in [0.4, 0.5) is 4.79 Å². The van der Waals surface area contributed by atoms with Crippen molar-refractivity contribution >= 4 is 17.9 Å². The number of nitrogens with zero attached hydrogens (tertiary/aromatic N) is 1. The maximum Gasteiger partial charge on any atom is 0.408 e. The molecule has 0 aromatic heterocycles. The summed E-state index contributed by atoms with van der Waals surface area (Å²) in [6.07, 6.45) is 0.662. The third kappa shape index (κ3) is 13.2. The molecule has 1 aliphatic rings. The smallest absolute Gasteiger partial charge is 0.408 e. The SMILES string of the molecule is CC.CC(C)(C)OC(=O)NCC(=O)N1CCC[C@H]1C(N)=O.CC(C)C. The van der Waals surface area contributed by atoms with E-state index in [0.717, 1.165) is 12.3 Å². The van der Waals surface area contributed by atoms with Crippen molar-refractivity contribution in [3.05, 3.63) is 0 Å². The number of carbonyl (C=O) groups excluding carboxylic acids is 3. The molecule has 1 aliphatic heterocycles. The standard InChI is InChI=1S/C12H21N3O4.C4H10.C2H6/c1-12(2,3)19-11(18)14-7-9(16)15-6-4-5-8(15)10(13)17;1-4(2)3;1-2/h8H,4-7H2,1-3H3,(H2,13,17)(H,14,18);4H,1-3H3;1-2H3/t8-;;/m0../s1. The molecular weight excluding hydrogens is 322 g/mol. The number of hydrogen-bond acceptors (Lipinski definition) is 4. The summed E-state index contributed by atoms with van der Waals surface area (Å²) in [5.74, 6) is -0.00437. The number of hydrogen-bond donors (Lipinski definition) is 2. The van der Waals surface area contributed by atoms with E-state index in [4.69, 9.17) is 10.5 Å². The molecule has 7 heteroatoms. The van der Waals surface area contributed by atoms with Crippen LogP contribution in [0.15, 0.2) is 0 Å². The Bertz CT molecular complexity index is 414. The van der Waals surface area contributed by atoms with Gasteiger partial charge < -0.3 is 20.7 Å². The lowest BCUT2D eigenvalue weighted by Gasteiger charge is -2.23. The Balaban J connectivity index is 0. The monoisotopic (exact) mass is 359 g/mol. The van der Waals surface area contributed by atoms with Gasteiger partial charge >= 0.3 is 6.09 Å². The largest absolute Gasteiger partial charge is 0.444 e. The van der Waals surface area contributed by atoms with E-state index in [1.54, 1.807) is 20.8 Å². The Morgan fingerprint density at radius 2 is 1.68 bits per heavy atom. The molecule has 0 bridgehead atoms. The van der Waals surface area contributed by atoms with Crippen LogP contribution in [0.25, 0.3) is 0 Å². The average molecular weight is 360 g/mol. The minimum atomic E-state index is -0.657. The predicted molar refractivity (Wildman–Crippen MR) is 100 cm³/mol. The van der Waals surface area contributed by atoms with Crippen molar-refractivity contribution in [2.75, 3.05) is 13.1 Å². The van der Waals surface area contributed by atoms with Crippen molar-refractivity contribution in [3.63, 3.8) is 0 Å². The van der Waals surface area contributed by atoms with Crippen LogP contribution >= 0.6 is 0 Å². The van der Waals surface area contributed by atoms with Gasteiger partial charge in [-0.25, -0.2) is 4.79 Å². The van der Waals surface area contributed by atoms with E-state index < -0.39 is 23.6 Å². The summed E-state index contributed by atoms with van der Waals surface area (Å²) in [6, 6.07) is -0.562. The molecule has 1 fully saturated rings. The fraction of sp³-hybridized carbons (Fsp3) is 0.833. The van der Waals surface area contributed by atoms with Crippen LogP contribution in [0.1, 0.15) is 68.2 Å². The first-order valence-electron chi connectivity index (χ1n) is 8.99. The van der Waals surface area contributed by atoms with Crippen LogP contribution in [0, 0.1) is 5.92 Å². The number of amides is 3. The lowest BCUT2D eigenvalue weighted by atomic mass is 10.2. The zero-order valence-corrected chi connectivity index (χ0v) is 17.1. The molecule has 148 valence electrons. The number of carbonyl (C=O) groups is 3. The molecule has 0 aromatic carbocycles. The van der Waals surface area contributed by atoms with Gasteiger partial charge in [0.15, 0.2) is 0 Å². The third-order valence-electron chi connectivity index (χ3n) is 2.68. The molecule has 0 aromatic rings. The highest BCUT2D eigenvalue weighted by Crippen LogP contribution is 2.16. The molecule has 1 saturated heterocycles. The van der Waals surface area contributed by atoms with Crippen molar-refractivity contribution < 1.29 is 19.1 Å². The molecule has 0 saturated carbocycles. The van der Waals surface area contributed by atoms with Gasteiger partial charge in [0.2, 0.25) is 11.8 Å². The number of nitrogens with one attached hydrogen (secondary N) is 1. The van der Waals surface area contributed by atoms with Gasteiger partial charge in [-0.1, -0.05) is 34.6 Å². The lowest BCUT2D eigenvalue weighted by molar-refractivity contribution is -0.136. The van der Waals surface area contributed by atoms with E-state index in [0.29, 0.717) is 13.0 Å². The topological polar surface area (TPSA) is 102 Å². The van der Waals surface area contributed by atoms with Gasteiger partial charge in [0.25, 0.3) is 0 Å². The summed E-state index contributed by atoms with van der Waals surface area (Å²) in [5.41, 5.74) is 4.61. The quantitative estimate of drug-likeness (QED) is 0.808. The minimum Gasteiger partial charge on any atom is -0.444 e. The van der Waals surface area contributed by atoms with Gasteiger partial charge in [-0.3, -0.25) is 9.59 Å². The molecule has 0 unspecified atom stereocenters. The first-order chi connectivity index (χ1) is 11.4. The van der Waals surface area contributed by atoms with Crippen molar-refractivity contribution in [2.24, 2.45) is 11.7 Å². The molecule has 1 rings (SSSR count). The van der Waals surface area contributed by atoms with Crippen molar-refractivity contribution in [3.8, 4) is 0 Å². The molecule has 7 nitrogen and oxygen atoms in total. The highest BCUT2D eigenvalue weighted by atomic mass is 16.6. The molecule has 0 radical (unpaired) electrons. The van der Waals surface area contributed by atoms with Crippen molar-refractivity contribution in [1.82, 2.24) is 10.2 Å². The highest BCUT2D eigenvalue weighted by molar-refractivity contribution is 5.89. The second-order valence-electron chi connectivity index (χ2n) is 7.24. The summed E-state index contributed by atoms with van der Waals surface area (Å²) in [7, 11) is 0. The Morgan fingerprint density at radius 1 is 1.20 bits per heavy atom. The highest BCUT2D eigenvalue weighted by Gasteiger charge is 2.32. The maximum atomic E-state index is 11.9. The zero-order chi connectivity index (χ0) is 20.2. The first-order valence-corrected chi connectivity index (χ1v) is 8.99. The number of rotatable bonds is 3. The molecule has 0 aliphatic carbocycles. The molecule has 0 spiro atoms. The van der Waals surface area contributed by atoms with Gasteiger partial charge in [-0.15, -0.1) is 0 Å². The van der Waals surface area contributed by atoms with E-state index in [1.807, 2.05) is 13.8 Å². The normalized spacial score (nSPS) is 16.2. The number of nitrogens with two attached hydrogens (primary N) is 1. The van der Waals surface area contributed by atoms with Crippen LogP contribution in [0.2, 0.25) is 0 Å². The number of primary amides is 1. The van der Waals surface area contributed by atoms with Crippen molar-refractivity contribution in [2.45, 2.75) is 79.9 Å². The fourth-order valence-corrected chi connectivity index (χ4v) is 1.92. The van der Waals surface area contributed by atoms with E-state index in [2.05, 4.69) is 26.1 Å². The summed E-state index contributed by atoms with van der Waals surface area (Å²) in [5, 5.41) is 2.37. The predicted octanol–water partition coefficient (Wildman–Crippen LogP) is 2.68. The Morgan fingerprint density at radius 3 is 2.08 bits per heavy atom. The van der Waals surface area contributed by atoms with E-state index >= 15 is 0 Å². The summed E-state index contributed by atoms with van der Waals surface area (Å²) in [4.78, 5) is 35.8. The third-order valence-corrected chi connectivity index (χ3v) is 2.68. The Labute approximate surface area is 152 Å². The summed E-state index contributed by atoms with van der Waals surface area (Å²) >= 11 is 0. The maximum absolute atomic E-state index is 11.9. The second-order valence-corrected chi connectivity index (χ2v) is 7.24. The number of ether oxygens (including phenoxy) is 1. The summed E-state index contributed by atoms with van der Waals surface area (Å²) in [6.45, 7) is 16.0. The molecular formula is C18H37N3O4. The van der Waals surface area contributed by atoms with Crippen molar-refractivity contribution in [1.29, 1.82) is 0 Å². The van der Waals surface area contributed by atoms with Gasteiger partial charge in [-0.05, 0) is 39.5 Å². The molecule has 1 heterocycles. The fourth-order valence-electron chi connectivity index (χ4n) is 1.92. The van der Waals surface area contributed by atoms with Gasteiger partial charge in [0, 0.05) is 6.54 Å². The van der Waals surface area contributed by atoms with Crippen LogP contribution in [-0.4, -0.2) is 47.5 Å². The zero-order valence-electron chi connectivity index (χ0n) is 17.1. The number of alkyl carbamates (subject to hydrolysis) is 1. The van der Waals surface area contributed by atoms with Crippen LogP contribution in [-0.2, 0) is 14.3 Å². The minimum absolute atomic E-state index is 0.196. The van der Waals surface area contributed by atoms with Gasteiger partial charge in [-0.2, -0.15) is 0 Å². The van der Waals surface area contributed by atoms with E-state index in [1.165, 1.54) is 4.90 Å². The van der Waals surface area contributed by atoms with Crippen LogP contribution in [0.5, 0.6) is 0 Å². The van der Waals surface area contributed by atoms with Gasteiger partial charge in [0.05, 0.1) is 0 Å². The van der Waals surface area contributed by atoms with Crippen LogP contribution in [0.3, 0.4) is 0 Å². The Hall–Kier alpha value is -1.79. The summed E-state index contributed by atoms with van der Waals surface area (Å²) < 4.78 is 5.01. The molecule has 1 atom stereocenters. The molecule has 25 heavy (non-hydrogen) atoms. The average Bonchev–Trinajstić information content (AvgIpc) is 2.94. The number of likely N-dealkylation sites (tertiary alicyclic amines) is 1. The first kappa shape index (κ1) is 25.5. The lowest BCUT2D eigenvalue weighted by Crippen LogP contribution is -2.48. The molecule has 3 amide bonds. The van der Waals surface area contributed by atoms with E-state index in [9.17, 15) is 14.4 Å². The van der Waals surface area contributed by atoms with Gasteiger partial charge in [0.1, 0.15) is 18.2 Å². The van der Waals surface area contributed by atoms with E-state index in [-0.39, 0.29) is 12.5 Å².